The van der Waals surface area contributed by atoms with Crippen molar-refractivity contribution in [2.75, 3.05) is 13.1 Å². The van der Waals surface area contributed by atoms with Crippen LogP contribution < -0.4 is 11.1 Å². The van der Waals surface area contributed by atoms with Crippen molar-refractivity contribution in [3.63, 3.8) is 0 Å². The molecule has 2 heteroatoms. The minimum atomic E-state index is 0.580. The molecule has 0 aromatic rings. The predicted octanol–water partition coefficient (Wildman–Crippen LogP) is 5.90. The van der Waals surface area contributed by atoms with Crippen molar-refractivity contribution in [1.29, 1.82) is 0 Å². The Morgan fingerprint density at radius 2 is 1.59 bits per heavy atom. The minimum absolute atomic E-state index is 0.580. The molecule has 2 nitrogen and oxygen atoms in total. The van der Waals surface area contributed by atoms with Crippen molar-refractivity contribution >= 4 is 0 Å². The highest BCUT2D eigenvalue weighted by Crippen LogP contribution is 2.66. The van der Waals surface area contributed by atoms with Gasteiger partial charge in [0.25, 0.3) is 0 Å². The molecule has 3 N–H and O–H groups in total. The van der Waals surface area contributed by atoms with E-state index in [1.54, 1.807) is 12.8 Å². The number of unbranched alkanes of at least 4 members (excludes halogenated alkanes) is 3. The third kappa shape index (κ3) is 3.63. The van der Waals surface area contributed by atoms with Crippen molar-refractivity contribution in [3.05, 3.63) is 0 Å². The van der Waals surface area contributed by atoms with Gasteiger partial charge in [-0.15, -0.1) is 0 Å². The number of hydrogen-bond donors (Lipinski definition) is 2. The molecular weight excluding hydrogens is 328 g/mol. The SMILES string of the molecule is C[C@]12CCCC[C@@H]1CC[C@@H]1[C@@H]2CC[C@]2(C)[C@@H](NCCCCCCN)CC[C@@H]12. The topological polar surface area (TPSA) is 38.0 Å². The van der Waals surface area contributed by atoms with Crippen LogP contribution in [0, 0.1) is 34.5 Å². The Kier molecular flexibility index (Phi) is 6.24. The molecule has 27 heavy (non-hydrogen) atoms. The second kappa shape index (κ2) is 8.34. The maximum atomic E-state index is 5.62. The van der Waals surface area contributed by atoms with E-state index in [-0.39, 0.29) is 0 Å². The van der Waals surface area contributed by atoms with Gasteiger partial charge < -0.3 is 11.1 Å². The van der Waals surface area contributed by atoms with Crippen LogP contribution in [-0.2, 0) is 0 Å². The molecular formula is C25H46N2. The molecule has 0 saturated heterocycles. The highest BCUT2D eigenvalue weighted by atomic mass is 14.9. The molecule has 0 heterocycles. The largest absolute Gasteiger partial charge is 0.330 e. The summed E-state index contributed by atoms with van der Waals surface area (Å²) in [6.07, 6.45) is 20.3. The van der Waals surface area contributed by atoms with E-state index in [0.29, 0.717) is 10.8 Å². The summed E-state index contributed by atoms with van der Waals surface area (Å²) < 4.78 is 0. The lowest BCUT2D eigenvalue weighted by atomic mass is 9.45. The Morgan fingerprint density at radius 3 is 2.44 bits per heavy atom. The average Bonchev–Trinajstić information content (AvgIpc) is 3.00. The molecule has 4 aliphatic rings. The molecule has 0 radical (unpaired) electrons. The fourth-order valence-electron chi connectivity index (χ4n) is 8.53. The van der Waals surface area contributed by atoms with E-state index in [9.17, 15) is 0 Å². The first kappa shape index (κ1) is 20.2. The lowest BCUT2D eigenvalue weighted by Gasteiger charge is -2.60. The molecule has 156 valence electrons. The molecule has 0 spiro atoms. The summed E-state index contributed by atoms with van der Waals surface area (Å²) in [6, 6.07) is 0.787. The molecule has 4 fully saturated rings. The quantitative estimate of drug-likeness (QED) is 0.545. The van der Waals surface area contributed by atoms with Gasteiger partial charge in [0.05, 0.1) is 0 Å². The third-order valence-corrected chi connectivity index (χ3v) is 10.1. The first-order valence-corrected chi connectivity index (χ1v) is 12.5. The normalized spacial score (nSPS) is 46.6. The number of nitrogens with two attached hydrogens (primary N) is 1. The maximum Gasteiger partial charge on any atom is 0.0124 e. The van der Waals surface area contributed by atoms with Crippen LogP contribution in [-0.4, -0.2) is 19.1 Å². The number of hydrogen-bond acceptors (Lipinski definition) is 2. The van der Waals surface area contributed by atoms with E-state index >= 15 is 0 Å². The summed E-state index contributed by atoms with van der Waals surface area (Å²) >= 11 is 0. The Bertz CT molecular complexity index is 491. The van der Waals surface area contributed by atoms with Crippen molar-refractivity contribution in [1.82, 2.24) is 5.32 Å². The van der Waals surface area contributed by atoms with Gasteiger partial charge in [-0.05, 0) is 112 Å². The van der Waals surface area contributed by atoms with E-state index in [1.165, 1.54) is 83.6 Å². The monoisotopic (exact) mass is 374 g/mol. The van der Waals surface area contributed by atoms with E-state index in [4.69, 9.17) is 5.73 Å². The Morgan fingerprint density at radius 1 is 0.778 bits per heavy atom. The number of nitrogens with one attached hydrogen (secondary N) is 1. The van der Waals surface area contributed by atoms with E-state index in [0.717, 1.165) is 36.3 Å². The van der Waals surface area contributed by atoms with Gasteiger partial charge in [0, 0.05) is 6.04 Å². The van der Waals surface area contributed by atoms with Gasteiger partial charge in [0.15, 0.2) is 0 Å². The lowest BCUT2D eigenvalue weighted by molar-refractivity contribution is -0.107. The molecule has 4 saturated carbocycles. The maximum absolute atomic E-state index is 5.62. The molecule has 0 unspecified atom stereocenters. The molecule has 0 aliphatic heterocycles. The standard InChI is InChI=1S/C25H46N2/c1-24-15-6-5-9-19(24)10-11-20-21-12-13-23(25(21,2)16-14-22(20)24)27-18-8-4-3-7-17-26/h19-23,27H,3-18,26H2,1-2H3/t19-,20+,21+,22+,23+,24+,25+/m1/s1. The van der Waals surface area contributed by atoms with Crippen molar-refractivity contribution < 1.29 is 0 Å². The molecule has 4 rings (SSSR count). The van der Waals surface area contributed by atoms with Gasteiger partial charge in [-0.1, -0.05) is 39.5 Å². The Balaban J connectivity index is 1.36. The Hall–Kier alpha value is -0.0800. The van der Waals surface area contributed by atoms with Crippen LogP contribution in [0.5, 0.6) is 0 Å². The average molecular weight is 375 g/mol. The van der Waals surface area contributed by atoms with Crippen LogP contribution in [0.25, 0.3) is 0 Å². The zero-order valence-corrected chi connectivity index (χ0v) is 18.3. The summed E-state index contributed by atoms with van der Waals surface area (Å²) in [5.74, 6) is 4.15. The predicted molar refractivity (Wildman–Crippen MR) is 116 cm³/mol. The molecule has 7 atom stereocenters. The molecule has 0 aromatic heterocycles. The van der Waals surface area contributed by atoms with Gasteiger partial charge in [-0.3, -0.25) is 0 Å². The van der Waals surface area contributed by atoms with Gasteiger partial charge >= 0.3 is 0 Å². The van der Waals surface area contributed by atoms with Crippen LogP contribution in [0.3, 0.4) is 0 Å². The van der Waals surface area contributed by atoms with Crippen molar-refractivity contribution in [3.8, 4) is 0 Å². The number of fused-ring (bicyclic) bond motifs is 5. The minimum Gasteiger partial charge on any atom is -0.330 e. The zero-order valence-electron chi connectivity index (χ0n) is 18.3. The highest BCUT2D eigenvalue weighted by molar-refractivity contribution is 5.10. The van der Waals surface area contributed by atoms with E-state index < -0.39 is 0 Å². The summed E-state index contributed by atoms with van der Waals surface area (Å²) in [5, 5.41) is 4.03. The van der Waals surface area contributed by atoms with Gasteiger partial charge in [0.2, 0.25) is 0 Å². The second-order valence-electron chi connectivity index (χ2n) is 11.2. The summed E-state index contributed by atoms with van der Waals surface area (Å²) in [7, 11) is 0. The smallest absolute Gasteiger partial charge is 0.0124 e. The summed E-state index contributed by atoms with van der Waals surface area (Å²) in [6.45, 7) is 7.47. The van der Waals surface area contributed by atoms with Crippen LogP contribution in [0.1, 0.15) is 104 Å². The lowest BCUT2D eigenvalue weighted by Crippen LogP contribution is -2.55. The van der Waals surface area contributed by atoms with Gasteiger partial charge in [-0.2, -0.15) is 0 Å². The zero-order chi connectivity index (χ0) is 18.9. The van der Waals surface area contributed by atoms with Crippen molar-refractivity contribution in [2.45, 2.75) is 110 Å². The van der Waals surface area contributed by atoms with Crippen LogP contribution in [0.15, 0.2) is 0 Å². The third-order valence-electron chi connectivity index (χ3n) is 10.1. The number of rotatable bonds is 7. The molecule has 0 bridgehead atoms. The fourth-order valence-corrected chi connectivity index (χ4v) is 8.53. The molecule has 0 aromatic carbocycles. The van der Waals surface area contributed by atoms with E-state index in [1.807, 2.05) is 0 Å². The highest BCUT2D eigenvalue weighted by Gasteiger charge is 2.59. The summed E-state index contributed by atoms with van der Waals surface area (Å²) in [4.78, 5) is 0. The first-order chi connectivity index (χ1) is 13.1. The second-order valence-corrected chi connectivity index (χ2v) is 11.2. The van der Waals surface area contributed by atoms with E-state index in [2.05, 4.69) is 19.2 Å². The van der Waals surface area contributed by atoms with Crippen LogP contribution in [0.4, 0.5) is 0 Å². The Labute approximate surface area is 168 Å². The van der Waals surface area contributed by atoms with Crippen LogP contribution in [0.2, 0.25) is 0 Å². The van der Waals surface area contributed by atoms with Crippen LogP contribution >= 0.6 is 0 Å². The molecule has 0 amide bonds. The van der Waals surface area contributed by atoms with Gasteiger partial charge in [-0.25, -0.2) is 0 Å². The first-order valence-electron chi connectivity index (χ1n) is 12.5. The van der Waals surface area contributed by atoms with Crippen molar-refractivity contribution in [2.24, 2.45) is 40.2 Å². The fraction of sp³-hybridized carbons (Fsp3) is 1.00. The summed E-state index contributed by atoms with van der Waals surface area (Å²) in [5.41, 5.74) is 6.89. The molecule has 4 aliphatic carbocycles. The van der Waals surface area contributed by atoms with Gasteiger partial charge in [0.1, 0.15) is 0 Å².